The molecule has 4 rings (SSSR count). The van der Waals surface area contributed by atoms with E-state index in [1.807, 2.05) is 50.2 Å². The van der Waals surface area contributed by atoms with Gasteiger partial charge < -0.3 is 11.1 Å². The van der Waals surface area contributed by atoms with Gasteiger partial charge in [-0.25, -0.2) is 9.50 Å². The van der Waals surface area contributed by atoms with Crippen LogP contribution in [0.15, 0.2) is 66.9 Å². The van der Waals surface area contributed by atoms with Crippen LogP contribution in [0, 0.1) is 13.8 Å². The van der Waals surface area contributed by atoms with E-state index in [0.29, 0.717) is 24.1 Å². The first-order valence-electron chi connectivity index (χ1n) is 11.5. The normalized spacial score (nSPS) is 11.9. The van der Waals surface area contributed by atoms with E-state index < -0.39 is 5.91 Å². The zero-order valence-corrected chi connectivity index (χ0v) is 19.5. The Hall–Kier alpha value is -4.00. The van der Waals surface area contributed by atoms with E-state index in [1.165, 1.54) is 11.8 Å². The molecule has 34 heavy (non-hydrogen) atoms. The first-order chi connectivity index (χ1) is 16.4. The zero-order chi connectivity index (χ0) is 24.1. The minimum Gasteiger partial charge on any atom is -0.365 e. The first kappa shape index (κ1) is 23.2. The predicted octanol–water partition coefficient (Wildman–Crippen LogP) is 3.87. The summed E-state index contributed by atoms with van der Waals surface area (Å²) in [6.07, 6.45) is 3.98. The minimum absolute atomic E-state index is 0.0147. The number of hydrogen-bond donors (Lipinski definition) is 2. The highest BCUT2D eigenvalue weighted by Crippen LogP contribution is 2.21. The number of primary amides is 1. The van der Waals surface area contributed by atoms with Crippen LogP contribution in [-0.2, 0) is 17.6 Å². The number of rotatable bonds is 9. The molecule has 2 heterocycles. The van der Waals surface area contributed by atoms with Gasteiger partial charge in [0, 0.05) is 17.8 Å². The maximum atomic E-state index is 13.0. The molecule has 0 fully saturated rings. The number of nitrogens with two attached hydrogens (primary N) is 1. The van der Waals surface area contributed by atoms with Gasteiger partial charge in [0.05, 0.1) is 12.2 Å². The maximum absolute atomic E-state index is 13.0. The van der Waals surface area contributed by atoms with Crippen LogP contribution in [0.1, 0.15) is 57.3 Å². The third-order valence-corrected chi connectivity index (χ3v) is 6.18. The van der Waals surface area contributed by atoms with Crippen molar-refractivity contribution in [2.45, 2.75) is 45.6 Å². The van der Waals surface area contributed by atoms with Gasteiger partial charge in [-0.3, -0.25) is 9.59 Å². The Morgan fingerprint density at radius 1 is 1.00 bits per heavy atom. The predicted molar refractivity (Wildman–Crippen MR) is 131 cm³/mol. The Morgan fingerprint density at radius 2 is 1.68 bits per heavy atom. The van der Waals surface area contributed by atoms with Gasteiger partial charge >= 0.3 is 0 Å². The molecule has 4 aromatic rings. The van der Waals surface area contributed by atoms with Gasteiger partial charge in [-0.2, -0.15) is 5.10 Å². The summed E-state index contributed by atoms with van der Waals surface area (Å²) in [6.45, 7) is 3.80. The van der Waals surface area contributed by atoms with E-state index >= 15 is 0 Å². The van der Waals surface area contributed by atoms with E-state index in [1.54, 1.807) is 4.52 Å². The highest BCUT2D eigenvalue weighted by molar-refractivity contribution is 5.98. The molecule has 0 saturated carbocycles. The second-order valence-corrected chi connectivity index (χ2v) is 8.47. The second-order valence-electron chi connectivity index (χ2n) is 8.47. The highest BCUT2D eigenvalue weighted by atomic mass is 16.2. The van der Waals surface area contributed by atoms with E-state index in [0.717, 1.165) is 35.4 Å². The Labute approximate surface area is 199 Å². The number of fused-ring (bicyclic) bond motifs is 1. The summed E-state index contributed by atoms with van der Waals surface area (Å²) < 4.78 is 1.62. The number of benzene rings is 2. The number of carbonyl (C=O) groups is 2. The van der Waals surface area contributed by atoms with Crippen molar-refractivity contribution in [3.05, 3.63) is 101 Å². The van der Waals surface area contributed by atoms with Crippen LogP contribution in [0.3, 0.4) is 0 Å². The Morgan fingerprint density at radius 3 is 2.35 bits per heavy atom. The molecule has 0 aliphatic rings. The van der Waals surface area contributed by atoms with Crippen LogP contribution < -0.4 is 11.1 Å². The lowest BCUT2D eigenvalue weighted by molar-refractivity contribution is -0.121. The van der Waals surface area contributed by atoms with Crippen molar-refractivity contribution in [2.75, 3.05) is 0 Å². The molecule has 1 atom stereocenters. The molecule has 0 saturated heterocycles. The van der Waals surface area contributed by atoms with Crippen LogP contribution in [-0.4, -0.2) is 26.4 Å². The van der Waals surface area contributed by atoms with Crippen LogP contribution in [0.25, 0.3) is 5.65 Å². The third kappa shape index (κ3) is 5.14. The van der Waals surface area contributed by atoms with Crippen molar-refractivity contribution in [3.63, 3.8) is 0 Å². The molecule has 7 heteroatoms. The largest absolute Gasteiger partial charge is 0.365 e. The van der Waals surface area contributed by atoms with Gasteiger partial charge in [-0.15, -0.1) is 0 Å². The van der Waals surface area contributed by atoms with Crippen LogP contribution in [0.5, 0.6) is 0 Å². The summed E-state index contributed by atoms with van der Waals surface area (Å²) in [4.78, 5) is 29.1. The second kappa shape index (κ2) is 10.3. The third-order valence-electron chi connectivity index (χ3n) is 6.18. The molecule has 3 N–H and O–H groups in total. The van der Waals surface area contributed by atoms with Gasteiger partial charge in [0.25, 0.3) is 5.91 Å². The molecule has 0 aliphatic carbocycles. The summed E-state index contributed by atoms with van der Waals surface area (Å²) >= 11 is 0. The number of amides is 2. The number of aryl methyl sites for hydroxylation is 3. The lowest BCUT2D eigenvalue weighted by Crippen LogP contribution is -2.29. The molecule has 7 nitrogen and oxygen atoms in total. The molecular formula is C27H29N5O2. The van der Waals surface area contributed by atoms with Crippen molar-refractivity contribution in [1.82, 2.24) is 19.9 Å². The average molecular weight is 456 g/mol. The number of hydrogen-bond acceptors (Lipinski definition) is 4. The molecule has 0 bridgehead atoms. The van der Waals surface area contributed by atoms with Gasteiger partial charge in [0.15, 0.2) is 5.65 Å². The SMILES string of the molecule is Cc1nc2c(C(N)=O)cnn2c(C)c1CCC(=O)NC(CCc1ccccc1)c1ccccc1. The van der Waals surface area contributed by atoms with Gasteiger partial charge in [0.2, 0.25) is 5.91 Å². The van der Waals surface area contributed by atoms with Crippen LogP contribution in [0.4, 0.5) is 0 Å². The lowest BCUT2D eigenvalue weighted by Gasteiger charge is -2.20. The van der Waals surface area contributed by atoms with Crippen LogP contribution >= 0.6 is 0 Å². The standard InChI is InChI=1S/C27H29N5O2/c1-18-22(19(2)32-27(30-18)23(17-29-32)26(28)34)14-16-25(33)31-24(21-11-7-4-8-12-21)15-13-20-9-5-3-6-10-20/h3-12,17,24H,13-16H2,1-2H3,(H2,28,34)(H,31,33). The molecule has 2 aromatic carbocycles. The quantitative estimate of drug-likeness (QED) is 0.400. The molecule has 1 unspecified atom stereocenters. The monoisotopic (exact) mass is 455 g/mol. The lowest BCUT2D eigenvalue weighted by atomic mass is 9.98. The summed E-state index contributed by atoms with van der Waals surface area (Å²) in [7, 11) is 0. The Balaban J connectivity index is 1.46. The summed E-state index contributed by atoms with van der Waals surface area (Å²) in [5.74, 6) is -0.574. The summed E-state index contributed by atoms with van der Waals surface area (Å²) in [5, 5.41) is 7.49. The molecule has 0 radical (unpaired) electrons. The number of aromatic nitrogens is 3. The van der Waals surface area contributed by atoms with Crippen molar-refractivity contribution in [1.29, 1.82) is 0 Å². The minimum atomic E-state index is -0.559. The van der Waals surface area contributed by atoms with Crippen molar-refractivity contribution >= 4 is 17.5 Å². The van der Waals surface area contributed by atoms with Crippen molar-refractivity contribution < 1.29 is 9.59 Å². The maximum Gasteiger partial charge on any atom is 0.254 e. The highest BCUT2D eigenvalue weighted by Gasteiger charge is 2.19. The fourth-order valence-electron chi connectivity index (χ4n) is 4.31. The van der Waals surface area contributed by atoms with E-state index in [-0.39, 0.29) is 11.9 Å². The Bertz CT molecular complexity index is 1300. The molecule has 0 spiro atoms. The van der Waals surface area contributed by atoms with Crippen molar-refractivity contribution in [3.8, 4) is 0 Å². The smallest absolute Gasteiger partial charge is 0.254 e. The fraction of sp³-hybridized carbons (Fsp3) is 0.259. The van der Waals surface area contributed by atoms with Gasteiger partial charge in [-0.1, -0.05) is 60.7 Å². The van der Waals surface area contributed by atoms with Gasteiger partial charge in [0.1, 0.15) is 5.56 Å². The molecule has 2 aromatic heterocycles. The fourth-order valence-corrected chi connectivity index (χ4v) is 4.31. The van der Waals surface area contributed by atoms with Crippen molar-refractivity contribution in [2.24, 2.45) is 5.73 Å². The summed E-state index contributed by atoms with van der Waals surface area (Å²) in [6, 6.07) is 20.3. The number of carbonyl (C=O) groups excluding carboxylic acids is 2. The number of nitrogens with zero attached hydrogens (tertiary/aromatic N) is 3. The topological polar surface area (TPSA) is 102 Å². The molecular weight excluding hydrogens is 426 g/mol. The molecule has 174 valence electrons. The summed E-state index contributed by atoms with van der Waals surface area (Å²) in [5.41, 5.74) is 11.1. The molecule has 2 amide bonds. The average Bonchev–Trinajstić information content (AvgIpc) is 3.27. The zero-order valence-electron chi connectivity index (χ0n) is 19.5. The first-order valence-corrected chi connectivity index (χ1v) is 11.5. The number of nitrogens with one attached hydrogen (secondary N) is 1. The van der Waals surface area contributed by atoms with E-state index in [2.05, 4.69) is 39.7 Å². The Kier molecular flexibility index (Phi) is 7.01. The van der Waals surface area contributed by atoms with Gasteiger partial charge in [-0.05, 0) is 49.8 Å². The van der Waals surface area contributed by atoms with E-state index in [4.69, 9.17) is 5.73 Å². The van der Waals surface area contributed by atoms with Crippen LogP contribution in [0.2, 0.25) is 0 Å². The molecule has 0 aliphatic heterocycles. The van der Waals surface area contributed by atoms with E-state index in [9.17, 15) is 9.59 Å².